The highest BCUT2D eigenvalue weighted by Gasteiger charge is 2.14. The summed E-state index contributed by atoms with van der Waals surface area (Å²) in [5, 5.41) is 9.38. The first kappa shape index (κ1) is 14.2. The molecule has 0 unspecified atom stereocenters. The Kier molecular flexibility index (Phi) is 3.55. The zero-order chi connectivity index (χ0) is 15.1. The number of nitrogens with zero attached hydrogens (tertiary/aromatic N) is 2. The summed E-state index contributed by atoms with van der Waals surface area (Å²) in [6.45, 7) is 1.87. The van der Waals surface area contributed by atoms with E-state index in [2.05, 4.69) is 11.1 Å². The Balaban J connectivity index is 2.44. The van der Waals surface area contributed by atoms with E-state index < -0.39 is 0 Å². The van der Waals surface area contributed by atoms with Crippen molar-refractivity contribution >= 4 is 45.8 Å². The van der Waals surface area contributed by atoms with E-state index >= 15 is 0 Å². The van der Waals surface area contributed by atoms with Gasteiger partial charge in [-0.05, 0) is 59.4 Å². The van der Waals surface area contributed by atoms with Crippen LogP contribution in [-0.4, -0.2) is 9.55 Å². The average Bonchev–Trinajstić information content (AvgIpc) is 2.74. The molecule has 0 aliphatic carbocycles. The Morgan fingerprint density at radius 2 is 2.14 bits per heavy atom. The van der Waals surface area contributed by atoms with Crippen LogP contribution in [-0.2, 0) is 0 Å². The number of aromatic amines is 1. The lowest BCUT2D eigenvalue weighted by molar-refractivity contribution is 0.622. The minimum atomic E-state index is -0.308. The maximum Gasteiger partial charge on any atom is 0.182 e. The van der Waals surface area contributed by atoms with Gasteiger partial charge in [0.2, 0.25) is 0 Å². The van der Waals surface area contributed by atoms with Crippen LogP contribution in [0.5, 0.6) is 0 Å². The van der Waals surface area contributed by atoms with Gasteiger partial charge in [-0.3, -0.25) is 4.57 Å². The summed E-state index contributed by atoms with van der Waals surface area (Å²) in [6.07, 6.45) is 0. The molecule has 0 spiro atoms. The monoisotopic (exact) mass is 409 g/mol. The summed E-state index contributed by atoms with van der Waals surface area (Å²) in [7, 11) is 0. The van der Waals surface area contributed by atoms with Gasteiger partial charge in [0.25, 0.3) is 0 Å². The Hall–Kier alpha value is -1.72. The zero-order valence-corrected chi connectivity index (χ0v) is 13.9. The molecule has 21 heavy (non-hydrogen) atoms. The van der Waals surface area contributed by atoms with Crippen molar-refractivity contribution < 1.29 is 4.39 Å². The van der Waals surface area contributed by atoms with Crippen LogP contribution in [0.3, 0.4) is 0 Å². The first-order valence-corrected chi connectivity index (χ1v) is 7.61. The molecule has 0 fully saturated rings. The van der Waals surface area contributed by atoms with E-state index in [0.717, 1.165) is 11.1 Å². The Morgan fingerprint density at radius 1 is 1.38 bits per heavy atom. The molecule has 0 atom stereocenters. The molecule has 0 radical (unpaired) electrons. The lowest BCUT2D eigenvalue weighted by atomic mass is 10.1. The van der Waals surface area contributed by atoms with E-state index in [4.69, 9.17) is 12.2 Å². The number of rotatable bonds is 1. The molecule has 2 aromatic carbocycles. The molecule has 0 amide bonds. The van der Waals surface area contributed by atoms with Gasteiger partial charge in [-0.1, -0.05) is 12.1 Å². The molecular formula is C15H9FIN3S. The largest absolute Gasteiger partial charge is 0.330 e. The second-order valence-corrected chi connectivity index (χ2v) is 6.18. The fraction of sp³-hybridized carbons (Fsp3) is 0.0667. The van der Waals surface area contributed by atoms with Crippen molar-refractivity contribution in [3.05, 3.63) is 55.6 Å². The number of hydrogen-bond donors (Lipinski definition) is 1. The highest BCUT2D eigenvalue weighted by molar-refractivity contribution is 14.1. The molecule has 3 rings (SSSR count). The summed E-state index contributed by atoms with van der Waals surface area (Å²) in [4.78, 5) is 3.06. The van der Waals surface area contributed by atoms with E-state index in [-0.39, 0.29) is 5.82 Å². The molecular weight excluding hydrogens is 400 g/mol. The predicted molar refractivity (Wildman–Crippen MR) is 90.6 cm³/mol. The van der Waals surface area contributed by atoms with Crippen LogP contribution in [0.15, 0.2) is 30.3 Å². The van der Waals surface area contributed by atoms with E-state index in [1.54, 1.807) is 10.6 Å². The number of fused-ring (bicyclic) bond motifs is 1. The van der Waals surface area contributed by atoms with Crippen molar-refractivity contribution in [3.8, 4) is 11.8 Å². The fourth-order valence-corrected chi connectivity index (χ4v) is 3.10. The number of imidazole rings is 1. The van der Waals surface area contributed by atoms with Crippen LogP contribution in [0.4, 0.5) is 4.39 Å². The van der Waals surface area contributed by atoms with Crippen molar-refractivity contribution in [2.75, 3.05) is 0 Å². The highest BCUT2D eigenvalue weighted by Crippen LogP contribution is 2.26. The molecule has 0 aliphatic rings. The lowest BCUT2D eigenvalue weighted by Gasteiger charge is -2.09. The molecule has 1 aromatic heterocycles. The number of H-pyrrole nitrogens is 1. The first-order valence-electron chi connectivity index (χ1n) is 6.13. The lowest BCUT2D eigenvalue weighted by Crippen LogP contribution is -1.99. The SMILES string of the molecule is Cc1cccc(-n2c(=S)[nH]c3cc(I)c(F)cc32)c1C#N. The minimum Gasteiger partial charge on any atom is -0.330 e. The van der Waals surface area contributed by atoms with Gasteiger partial charge in [-0.2, -0.15) is 5.26 Å². The van der Waals surface area contributed by atoms with E-state index in [9.17, 15) is 9.65 Å². The number of halogens is 2. The Morgan fingerprint density at radius 3 is 2.86 bits per heavy atom. The fourth-order valence-electron chi connectivity index (χ4n) is 2.33. The number of nitrogens with one attached hydrogen (secondary N) is 1. The summed E-state index contributed by atoms with van der Waals surface area (Å²) in [5.74, 6) is -0.308. The number of hydrogen-bond acceptors (Lipinski definition) is 2. The second-order valence-electron chi connectivity index (χ2n) is 4.63. The smallest absolute Gasteiger partial charge is 0.182 e. The molecule has 0 saturated heterocycles. The van der Waals surface area contributed by atoms with Crippen molar-refractivity contribution in [2.45, 2.75) is 6.92 Å². The van der Waals surface area contributed by atoms with Gasteiger partial charge in [0.15, 0.2) is 4.77 Å². The van der Waals surface area contributed by atoms with Crippen LogP contribution >= 0.6 is 34.8 Å². The van der Waals surface area contributed by atoms with Gasteiger partial charge >= 0.3 is 0 Å². The molecule has 104 valence electrons. The molecule has 0 bridgehead atoms. The highest BCUT2D eigenvalue weighted by atomic mass is 127. The van der Waals surface area contributed by atoms with Crippen molar-refractivity contribution in [1.29, 1.82) is 5.26 Å². The molecule has 1 N–H and O–H groups in total. The van der Waals surface area contributed by atoms with E-state index in [1.165, 1.54) is 6.07 Å². The van der Waals surface area contributed by atoms with Crippen LogP contribution in [0.1, 0.15) is 11.1 Å². The van der Waals surface area contributed by atoms with Crippen molar-refractivity contribution in [3.63, 3.8) is 0 Å². The molecule has 0 aliphatic heterocycles. The van der Waals surface area contributed by atoms with Gasteiger partial charge in [0.05, 0.1) is 25.9 Å². The van der Waals surface area contributed by atoms with Gasteiger partial charge in [-0.25, -0.2) is 4.39 Å². The number of aromatic nitrogens is 2. The summed E-state index contributed by atoms with van der Waals surface area (Å²) < 4.78 is 16.5. The first-order chi connectivity index (χ1) is 10.0. The maximum atomic E-state index is 13.9. The number of benzene rings is 2. The van der Waals surface area contributed by atoms with Crippen molar-refractivity contribution in [1.82, 2.24) is 9.55 Å². The van der Waals surface area contributed by atoms with Gasteiger partial charge in [0.1, 0.15) is 11.9 Å². The number of nitriles is 1. The minimum absolute atomic E-state index is 0.308. The summed E-state index contributed by atoms with van der Waals surface area (Å²) in [6, 6.07) is 10.9. The topological polar surface area (TPSA) is 44.5 Å². The van der Waals surface area contributed by atoms with Gasteiger partial charge in [-0.15, -0.1) is 0 Å². The molecule has 6 heteroatoms. The molecule has 1 heterocycles. The average molecular weight is 409 g/mol. The van der Waals surface area contributed by atoms with Crippen LogP contribution < -0.4 is 0 Å². The van der Waals surface area contributed by atoms with E-state index in [1.807, 2.05) is 47.7 Å². The third-order valence-electron chi connectivity index (χ3n) is 3.33. The predicted octanol–water partition coefficient (Wildman–Crippen LogP) is 4.61. The van der Waals surface area contributed by atoms with Gasteiger partial charge in [0, 0.05) is 6.07 Å². The van der Waals surface area contributed by atoms with Crippen molar-refractivity contribution in [2.24, 2.45) is 0 Å². The third kappa shape index (κ3) is 2.26. The quantitative estimate of drug-likeness (QED) is 0.471. The Bertz CT molecular complexity index is 965. The summed E-state index contributed by atoms with van der Waals surface area (Å²) >= 11 is 7.28. The zero-order valence-electron chi connectivity index (χ0n) is 10.9. The summed E-state index contributed by atoms with van der Waals surface area (Å²) in [5.41, 5.74) is 3.43. The van der Waals surface area contributed by atoms with E-state index in [0.29, 0.717) is 25.1 Å². The molecule has 3 aromatic rings. The third-order valence-corrected chi connectivity index (χ3v) is 4.44. The molecule has 0 saturated carbocycles. The van der Waals surface area contributed by atoms with Crippen LogP contribution in [0.25, 0.3) is 16.7 Å². The van der Waals surface area contributed by atoms with Crippen LogP contribution in [0.2, 0.25) is 0 Å². The standard InChI is InChI=1S/C15H9FIN3S/c1-8-3-2-4-13(9(8)7-18)20-14-5-10(16)11(17)6-12(14)19-15(20)21/h2-6H,1H3,(H,19,21). The Labute approximate surface area is 139 Å². The second kappa shape index (κ2) is 5.24. The normalized spacial score (nSPS) is 10.8. The van der Waals surface area contributed by atoms with Crippen LogP contribution in [0, 0.1) is 32.4 Å². The maximum absolute atomic E-state index is 13.9. The molecule has 3 nitrogen and oxygen atoms in total. The number of aryl methyl sites for hydroxylation is 1. The van der Waals surface area contributed by atoms with Gasteiger partial charge < -0.3 is 4.98 Å².